The molecule has 7 nitrogen and oxygen atoms in total. The van der Waals surface area contributed by atoms with Gasteiger partial charge < -0.3 is 4.74 Å². The average molecular weight is 401 g/mol. The number of benzene rings is 2. The molecular formula is C20H21ClN4O3. The second-order valence-electron chi connectivity index (χ2n) is 6.33. The van der Waals surface area contributed by atoms with Crippen molar-refractivity contribution < 1.29 is 14.3 Å². The van der Waals surface area contributed by atoms with Gasteiger partial charge in [0.05, 0.1) is 12.8 Å². The van der Waals surface area contributed by atoms with Crippen molar-refractivity contribution in [1.82, 2.24) is 10.0 Å². The number of ketones is 1. The van der Waals surface area contributed by atoms with E-state index in [4.69, 9.17) is 16.3 Å². The van der Waals surface area contributed by atoms with Crippen molar-refractivity contribution in [3.05, 3.63) is 59.1 Å². The fourth-order valence-electron chi connectivity index (χ4n) is 3.12. The van der Waals surface area contributed by atoms with Crippen LogP contribution in [0.3, 0.4) is 0 Å². The quantitative estimate of drug-likeness (QED) is 0.786. The van der Waals surface area contributed by atoms with Crippen LogP contribution in [0.2, 0.25) is 5.02 Å². The smallest absolute Gasteiger partial charge is 0.240 e. The number of carbonyl (C=O) groups excluding carboxylic acids is 2. The molecule has 0 N–H and O–H groups in total. The monoisotopic (exact) mass is 400 g/mol. The molecule has 0 aromatic heterocycles. The number of nitrogens with zero attached hydrogens (tertiary/aromatic N) is 4. The van der Waals surface area contributed by atoms with Gasteiger partial charge >= 0.3 is 0 Å². The number of Topliss-reactive ketones (excluding diaryl/α,β-unsaturated/α-hetero) is 1. The van der Waals surface area contributed by atoms with E-state index in [0.29, 0.717) is 16.5 Å². The van der Waals surface area contributed by atoms with Crippen molar-refractivity contribution >= 4 is 34.8 Å². The molecule has 0 fully saturated rings. The topological polar surface area (TPSA) is 65.5 Å². The maximum Gasteiger partial charge on any atom is 0.240 e. The van der Waals surface area contributed by atoms with E-state index in [1.165, 1.54) is 23.9 Å². The highest BCUT2D eigenvalue weighted by molar-refractivity contribution is 6.38. The number of halogens is 1. The van der Waals surface area contributed by atoms with Gasteiger partial charge in [-0.1, -0.05) is 23.7 Å². The summed E-state index contributed by atoms with van der Waals surface area (Å²) in [4.78, 5) is 24.7. The minimum Gasteiger partial charge on any atom is -0.497 e. The van der Waals surface area contributed by atoms with Gasteiger partial charge in [-0.2, -0.15) is 0 Å². The molecule has 0 bridgehead atoms. The molecular weight excluding hydrogens is 380 g/mol. The summed E-state index contributed by atoms with van der Waals surface area (Å²) in [5.41, 5.74) is 1.51. The van der Waals surface area contributed by atoms with Crippen molar-refractivity contribution in [2.75, 3.05) is 19.2 Å². The summed E-state index contributed by atoms with van der Waals surface area (Å²) in [6.45, 7) is 2.87. The molecule has 0 unspecified atom stereocenters. The number of hydrazine groups is 1. The van der Waals surface area contributed by atoms with Crippen molar-refractivity contribution in [3.8, 4) is 5.75 Å². The number of hydrogen-bond donors (Lipinski definition) is 0. The second kappa shape index (κ2) is 7.90. The van der Waals surface area contributed by atoms with E-state index >= 15 is 0 Å². The van der Waals surface area contributed by atoms with Gasteiger partial charge in [-0.25, -0.2) is 10.0 Å². The number of amides is 1. The Labute approximate surface area is 168 Å². The fraction of sp³-hybridized carbons (Fsp3) is 0.250. The van der Waals surface area contributed by atoms with E-state index < -0.39 is 6.17 Å². The Morgan fingerprint density at radius 3 is 2.14 bits per heavy atom. The maximum atomic E-state index is 12.6. The Morgan fingerprint density at radius 1 is 1.04 bits per heavy atom. The van der Waals surface area contributed by atoms with Gasteiger partial charge in [-0.15, -0.1) is 5.10 Å². The van der Waals surface area contributed by atoms with Gasteiger partial charge in [-0.3, -0.25) is 14.6 Å². The molecule has 1 aliphatic rings. The summed E-state index contributed by atoms with van der Waals surface area (Å²) in [6.07, 6.45) is -0.585. The van der Waals surface area contributed by atoms with Crippen LogP contribution in [0.4, 0.5) is 5.69 Å². The summed E-state index contributed by atoms with van der Waals surface area (Å²) in [5, 5.41) is 9.78. The second-order valence-corrected chi connectivity index (χ2v) is 6.77. The van der Waals surface area contributed by atoms with Gasteiger partial charge in [0.2, 0.25) is 11.7 Å². The van der Waals surface area contributed by atoms with E-state index in [9.17, 15) is 9.59 Å². The van der Waals surface area contributed by atoms with Crippen LogP contribution in [0, 0.1) is 0 Å². The molecule has 0 aliphatic carbocycles. The molecule has 2 aromatic carbocycles. The molecule has 0 spiro atoms. The van der Waals surface area contributed by atoms with Gasteiger partial charge in [0.25, 0.3) is 0 Å². The molecule has 1 heterocycles. The highest BCUT2D eigenvalue weighted by Crippen LogP contribution is 2.36. The molecule has 0 saturated heterocycles. The summed E-state index contributed by atoms with van der Waals surface area (Å²) >= 11 is 6.02. The molecule has 146 valence electrons. The predicted molar refractivity (Wildman–Crippen MR) is 108 cm³/mol. The molecule has 1 amide bonds. The van der Waals surface area contributed by atoms with Crippen LogP contribution >= 0.6 is 11.6 Å². The van der Waals surface area contributed by atoms with Crippen LogP contribution in [0.1, 0.15) is 25.6 Å². The highest BCUT2D eigenvalue weighted by Gasteiger charge is 2.39. The lowest BCUT2D eigenvalue weighted by Crippen LogP contribution is -2.58. The first kappa shape index (κ1) is 19.7. The number of likely N-dealkylation sites (N-methyl/N-ethyl adjacent to an activating group) is 1. The average Bonchev–Trinajstić information content (AvgIpc) is 2.68. The van der Waals surface area contributed by atoms with Gasteiger partial charge in [0.15, 0.2) is 11.9 Å². The number of methoxy groups -OCH3 is 1. The maximum absolute atomic E-state index is 12.6. The lowest BCUT2D eigenvalue weighted by molar-refractivity contribution is -0.145. The number of rotatable bonds is 4. The molecule has 1 aliphatic heterocycles. The van der Waals surface area contributed by atoms with E-state index in [0.717, 1.165) is 5.56 Å². The minimum absolute atomic E-state index is 0.162. The predicted octanol–water partition coefficient (Wildman–Crippen LogP) is 3.47. The summed E-state index contributed by atoms with van der Waals surface area (Å²) in [5.74, 6) is 0.389. The Kier molecular flexibility index (Phi) is 5.56. The van der Waals surface area contributed by atoms with Gasteiger partial charge in [-0.05, 0) is 42.0 Å². The minimum atomic E-state index is -0.585. The number of ether oxygens (including phenoxy) is 1. The van der Waals surface area contributed by atoms with Crippen LogP contribution in [0.25, 0.3) is 0 Å². The zero-order valence-electron chi connectivity index (χ0n) is 16.1. The summed E-state index contributed by atoms with van der Waals surface area (Å²) < 4.78 is 5.23. The zero-order chi connectivity index (χ0) is 20.4. The molecule has 2 aromatic rings. The Hall–Kier alpha value is -3.06. The zero-order valence-corrected chi connectivity index (χ0v) is 16.8. The lowest BCUT2D eigenvalue weighted by atomic mass is 10.1. The Morgan fingerprint density at radius 2 is 1.64 bits per heavy atom. The van der Waals surface area contributed by atoms with E-state index in [2.05, 4.69) is 5.10 Å². The van der Waals surface area contributed by atoms with Crippen molar-refractivity contribution in [3.63, 3.8) is 0 Å². The third kappa shape index (κ3) is 3.66. The SMILES string of the molecule is COc1ccc([C@H]2N(c3ccc(Cl)cc3)N=C(C(C)=O)N(C)N2C(C)=O)cc1. The molecule has 8 heteroatoms. The number of hydrazone groups is 1. The van der Waals surface area contributed by atoms with E-state index in [1.54, 1.807) is 43.4 Å². The summed E-state index contributed by atoms with van der Waals surface area (Å²) in [6, 6.07) is 14.4. The van der Waals surface area contributed by atoms with Crippen LogP contribution < -0.4 is 9.75 Å². The van der Waals surface area contributed by atoms with Crippen LogP contribution in [-0.4, -0.2) is 41.7 Å². The first-order valence-electron chi connectivity index (χ1n) is 8.65. The van der Waals surface area contributed by atoms with Gasteiger partial charge in [0, 0.05) is 25.9 Å². The van der Waals surface area contributed by atoms with Crippen molar-refractivity contribution in [2.45, 2.75) is 20.0 Å². The first-order chi connectivity index (χ1) is 13.3. The molecule has 3 rings (SSSR count). The number of hydrogen-bond acceptors (Lipinski definition) is 6. The Bertz CT molecular complexity index is 912. The fourth-order valence-corrected chi connectivity index (χ4v) is 3.25. The normalized spacial score (nSPS) is 16.7. The number of anilines is 1. The molecule has 0 saturated carbocycles. The first-order valence-corrected chi connectivity index (χ1v) is 9.03. The van der Waals surface area contributed by atoms with E-state index in [-0.39, 0.29) is 17.5 Å². The largest absolute Gasteiger partial charge is 0.497 e. The lowest BCUT2D eigenvalue weighted by Gasteiger charge is -2.46. The number of amidine groups is 1. The highest BCUT2D eigenvalue weighted by atomic mass is 35.5. The number of carbonyl (C=O) groups is 2. The Balaban J connectivity index is 2.19. The van der Waals surface area contributed by atoms with Crippen LogP contribution in [0.15, 0.2) is 53.6 Å². The molecule has 28 heavy (non-hydrogen) atoms. The van der Waals surface area contributed by atoms with Crippen LogP contribution in [-0.2, 0) is 9.59 Å². The van der Waals surface area contributed by atoms with E-state index in [1.807, 2.05) is 24.3 Å². The molecule has 1 atom stereocenters. The summed E-state index contributed by atoms with van der Waals surface area (Å²) in [7, 11) is 3.24. The molecule has 0 radical (unpaired) electrons. The van der Waals surface area contributed by atoms with Crippen LogP contribution in [0.5, 0.6) is 5.75 Å². The third-order valence-corrected chi connectivity index (χ3v) is 4.69. The van der Waals surface area contributed by atoms with Gasteiger partial charge in [0.1, 0.15) is 5.75 Å². The van der Waals surface area contributed by atoms with Crippen molar-refractivity contribution in [2.24, 2.45) is 5.10 Å². The standard InChI is InChI=1S/C20H21ClN4O3/c1-13(26)19-22-24(17-9-7-16(21)8-10-17)20(25(14(2)27)23(19)3)15-5-11-18(28-4)12-6-15/h5-12,20H,1-4H3/t20-/m0/s1. The van der Waals surface area contributed by atoms with Crippen molar-refractivity contribution in [1.29, 1.82) is 0 Å². The third-order valence-electron chi connectivity index (χ3n) is 4.44.